The van der Waals surface area contributed by atoms with Crippen LogP contribution >= 0.6 is 24.0 Å². The molecular formula is C21H29IN4O2. The van der Waals surface area contributed by atoms with Gasteiger partial charge in [-0.1, -0.05) is 30.3 Å². The Bertz CT molecular complexity index is 704. The van der Waals surface area contributed by atoms with Crippen molar-refractivity contribution < 1.29 is 9.47 Å². The van der Waals surface area contributed by atoms with Gasteiger partial charge in [-0.2, -0.15) is 0 Å². The van der Waals surface area contributed by atoms with Crippen LogP contribution in [0.5, 0.6) is 5.75 Å². The molecule has 7 heteroatoms. The fraction of sp³-hybridized carbons (Fsp3) is 0.381. The van der Waals surface area contributed by atoms with Crippen LogP contribution in [0.15, 0.2) is 59.6 Å². The van der Waals surface area contributed by atoms with Gasteiger partial charge in [0.2, 0.25) is 0 Å². The predicted octanol–water partition coefficient (Wildman–Crippen LogP) is 2.89. The minimum atomic E-state index is 0. The third kappa shape index (κ3) is 7.20. The first-order valence-electron chi connectivity index (χ1n) is 9.39. The second-order valence-electron chi connectivity index (χ2n) is 6.28. The van der Waals surface area contributed by atoms with Crippen LogP contribution in [0.4, 0.5) is 5.69 Å². The van der Waals surface area contributed by atoms with Gasteiger partial charge in [0.05, 0.1) is 19.8 Å². The van der Waals surface area contributed by atoms with Gasteiger partial charge < -0.3 is 25.0 Å². The molecule has 6 nitrogen and oxygen atoms in total. The summed E-state index contributed by atoms with van der Waals surface area (Å²) in [6.07, 6.45) is 0. The minimum absolute atomic E-state index is 0. The van der Waals surface area contributed by atoms with E-state index >= 15 is 0 Å². The highest BCUT2D eigenvalue weighted by Gasteiger charge is 2.10. The monoisotopic (exact) mass is 496 g/mol. The summed E-state index contributed by atoms with van der Waals surface area (Å²) in [5.41, 5.74) is 2.47. The number of guanidine groups is 1. The Labute approximate surface area is 184 Å². The lowest BCUT2D eigenvalue weighted by atomic mass is 10.2. The zero-order chi connectivity index (χ0) is 18.7. The molecule has 1 heterocycles. The van der Waals surface area contributed by atoms with E-state index in [1.807, 2.05) is 30.3 Å². The van der Waals surface area contributed by atoms with Gasteiger partial charge in [0.25, 0.3) is 0 Å². The van der Waals surface area contributed by atoms with Crippen LogP contribution in [0.25, 0.3) is 0 Å². The van der Waals surface area contributed by atoms with Crippen molar-refractivity contribution in [2.75, 3.05) is 51.4 Å². The molecule has 1 fully saturated rings. The third-order valence-electron chi connectivity index (χ3n) is 4.40. The lowest BCUT2D eigenvalue weighted by Gasteiger charge is -2.28. The third-order valence-corrected chi connectivity index (χ3v) is 4.40. The Morgan fingerprint density at radius 2 is 1.75 bits per heavy atom. The molecule has 0 radical (unpaired) electrons. The maximum atomic E-state index is 5.68. The maximum absolute atomic E-state index is 5.68. The first kappa shape index (κ1) is 22.3. The van der Waals surface area contributed by atoms with Gasteiger partial charge in [-0.3, -0.25) is 4.99 Å². The van der Waals surface area contributed by atoms with Crippen molar-refractivity contribution >= 4 is 35.6 Å². The number of para-hydroxylation sites is 1. The van der Waals surface area contributed by atoms with E-state index in [9.17, 15) is 0 Å². The number of hydrogen-bond acceptors (Lipinski definition) is 4. The van der Waals surface area contributed by atoms with E-state index in [1.54, 1.807) is 7.05 Å². The molecule has 1 aliphatic heterocycles. The molecule has 0 unspecified atom stereocenters. The molecule has 2 aromatic rings. The Morgan fingerprint density at radius 1 is 1.04 bits per heavy atom. The number of rotatable bonds is 7. The van der Waals surface area contributed by atoms with E-state index in [4.69, 9.17) is 9.47 Å². The molecule has 0 spiro atoms. The summed E-state index contributed by atoms with van der Waals surface area (Å²) in [7, 11) is 1.77. The largest absolute Gasteiger partial charge is 0.492 e. The van der Waals surface area contributed by atoms with Crippen molar-refractivity contribution in [2.24, 2.45) is 4.99 Å². The van der Waals surface area contributed by atoms with Crippen molar-refractivity contribution in [3.63, 3.8) is 0 Å². The van der Waals surface area contributed by atoms with Crippen LogP contribution in [0, 0.1) is 0 Å². The second-order valence-corrected chi connectivity index (χ2v) is 6.28. The number of morpholine rings is 1. The number of halogens is 1. The molecule has 0 amide bonds. The molecule has 28 heavy (non-hydrogen) atoms. The van der Waals surface area contributed by atoms with Crippen LogP contribution in [-0.2, 0) is 11.3 Å². The highest BCUT2D eigenvalue weighted by atomic mass is 127. The number of anilines is 1. The summed E-state index contributed by atoms with van der Waals surface area (Å²) < 4.78 is 11.1. The maximum Gasteiger partial charge on any atom is 0.191 e. The Morgan fingerprint density at radius 3 is 2.43 bits per heavy atom. The van der Waals surface area contributed by atoms with Gasteiger partial charge in [0.15, 0.2) is 5.96 Å². The van der Waals surface area contributed by atoms with E-state index in [0.29, 0.717) is 13.2 Å². The SMILES string of the molecule is CN=C(NCCOc1ccccc1)NCc1ccc(N2CCOCC2)cc1.I. The van der Waals surface area contributed by atoms with Gasteiger partial charge in [-0.25, -0.2) is 0 Å². The molecule has 0 aliphatic carbocycles. The lowest BCUT2D eigenvalue weighted by molar-refractivity contribution is 0.122. The number of hydrogen-bond donors (Lipinski definition) is 2. The van der Waals surface area contributed by atoms with Gasteiger partial charge in [0.1, 0.15) is 12.4 Å². The molecule has 152 valence electrons. The normalized spacial score (nSPS) is 14.2. The Kier molecular flexibility index (Phi) is 9.92. The van der Waals surface area contributed by atoms with Gasteiger partial charge >= 0.3 is 0 Å². The molecule has 0 saturated carbocycles. The van der Waals surface area contributed by atoms with Gasteiger partial charge in [-0.05, 0) is 29.8 Å². The van der Waals surface area contributed by atoms with E-state index in [-0.39, 0.29) is 24.0 Å². The molecule has 2 N–H and O–H groups in total. The summed E-state index contributed by atoms with van der Waals surface area (Å²) >= 11 is 0. The summed E-state index contributed by atoms with van der Waals surface area (Å²) in [6, 6.07) is 18.5. The van der Waals surface area contributed by atoms with Crippen LogP contribution in [0.2, 0.25) is 0 Å². The van der Waals surface area contributed by atoms with E-state index in [0.717, 1.165) is 44.6 Å². The highest BCUT2D eigenvalue weighted by molar-refractivity contribution is 14.0. The second kappa shape index (κ2) is 12.5. The van der Waals surface area contributed by atoms with Crippen molar-refractivity contribution in [1.82, 2.24) is 10.6 Å². The van der Waals surface area contributed by atoms with Crippen LogP contribution in [0.3, 0.4) is 0 Å². The zero-order valence-electron chi connectivity index (χ0n) is 16.3. The first-order chi connectivity index (χ1) is 13.3. The molecule has 0 atom stereocenters. The standard InChI is InChI=1S/C21H28N4O2.HI/c1-22-21(23-11-14-27-20-5-3-2-4-6-20)24-17-18-7-9-19(10-8-18)25-12-15-26-16-13-25;/h2-10H,11-17H2,1H3,(H2,22,23,24);1H. The number of benzene rings is 2. The van der Waals surface area contributed by atoms with Gasteiger partial charge in [-0.15, -0.1) is 24.0 Å². The van der Waals surface area contributed by atoms with Crippen molar-refractivity contribution in [1.29, 1.82) is 0 Å². The Balaban J connectivity index is 0.00000280. The number of aliphatic imine (C=N–C) groups is 1. The number of nitrogens with zero attached hydrogens (tertiary/aromatic N) is 2. The molecule has 2 aromatic carbocycles. The van der Waals surface area contributed by atoms with Crippen molar-refractivity contribution in [3.05, 3.63) is 60.2 Å². The van der Waals surface area contributed by atoms with Crippen molar-refractivity contribution in [2.45, 2.75) is 6.54 Å². The molecule has 1 saturated heterocycles. The fourth-order valence-electron chi connectivity index (χ4n) is 2.91. The van der Waals surface area contributed by atoms with E-state index in [1.165, 1.54) is 11.3 Å². The van der Waals surface area contributed by atoms with Crippen LogP contribution < -0.4 is 20.3 Å². The smallest absolute Gasteiger partial charge is 0.191 e. The number of ether oxygens (including phenoxy) is 2. The summed E-state index contributed by atoms with van der Waals surface area (Å²) in [5, 5.41) is 6.60. The molecule has 3 rings (SSSR count). The van der Waals surface area contributed by atoms with Crippen LogP contribution in [-0.4, -0.2) is 52.5 Å². The predicted molar refractivity (Wildman–Crippen MR) is 125 cm³/mol. The van der Waals surface area contributed by atoms with Crippen LogP contribution in [0.1, 0.15) is 5.56 Å². The zero-order valence-corrected chi connectivity index (χ0v) is 18.6. The molecular weight excluding hydrogens is 467 g/mol. The first-order valence-corrected chi connectivity index (χ1v) is 9.39. The average Bonchev–Trinajstić information content (AvgIpc) is 2.75. The van der Waals surface area contributed by atoms with Crippen molar-refractivity contribution in [3.8, 4) is 5.75 Å². The summed E-state index contributed by atoms with van der Waals surface area (Å²) in [5.74, 6) is 1.64. The minimum Gasteiger partial charge on any atom is -0.492 e. The van der Waals surface area contributed by atoms with E-state index in [2.05, 4.69) is 44.8 Å². The summed E-state index contributed by atoms with van der Waals surface area (Å²) in [6.45, 7) is 5.52. The average molecular weight is 496 g/mol. The lowest BCUT2D eigenvalue weighted by Crippen LogP contribution is -2.39. The highest BCUT2D eigenvalue weighted by Crippen LogP contribution is 2.16. The molecule has 0 bridgehead atoms. The quantitative estimate of drug-likeness (QED) is 0.267. The Hall–Kier alpha value is -2.00. The topological polar surface area (TPSA) is 58.1 Å². The van der Waals surface area contributed by atoms with E-state index < -0.39 is 0 Å². The van der Waals surface area contributed by atoms with Gasteiger partial charge in [0, 0.05) is 32.4 Å². The number of nitrogens with one attached hydrogen (secondary N) is 2. The molecule has 0 aromatic heterocycles. The summed E-state index contributed by atoms with van der Waals surface area (Å²) in [4.78, 5) is 6.61. The molecule has 1 aliphatic rings. The fourth-order valence-corrected chi connectivity index (χ4v) is 2.91.